The highest BCUT2D eigenvalue weighted by molar-refractivity contribution is 9.10. The van der Waals surface area contributed by atoms with Crippen LogP contribution < -0.4 is 10.6 Å². The van der Waals surface area contributed by atoms with E-state index < -0.39 is 0 Å². The highest BCUT2D eigenvalue weighted by Gasteiger charge is 2.13. The van der Waals surface area contributed by atoms with E-state index in [1.54, 1.807) is 0 Å². The van der Waals surface area contributed by atoms with Crippen molar-refractivity contribution in [3.63, 3.8) is 0 Å². The van der Waals surface area contributed by atoms with Gasteiger partial charge < -0.3 is 15.5 Å². The SMILES string of the molecule is CCC(N)Cc1ccc(N(C)CCN2CCCC2)c(Br)c1. The van der Waals surface area contributed by atoms with E-state index in [2.05, 4.69) is 57.9 Å². The molecule has 4 heteroatoms. The second-order valence-electron chi connectivity index (χ2n) is 6.13. The molecular formula is C17H28BrN3. The maximum absolute atomic E-state index is 6.04. The molecule has 1 saturated heterocycles. The Morgan fingerprint density at radius 1 is 1.33 bits per heavy atom. The molecule has 0 amide bonds. The molecule has 1 atom stereocenters. The van der Waals surface area contributed by atoms with Gasteiger partial charge in [-0.15, -0.1) is 0 Å². The Balaban J connectivity index is 1.92. The standard InChI is InChI=1S/C17H28BrN3/c1-3-15(19)12-14-6-7-17(16(18)13-14)20(2)10-11-21-8-4-5-9-21/h6-7,13,15H,3-5,8-12,19H2,1-2H3. The van der Waals surface area contributed by atoms with Gasteiger partial charge in [0.25, 0.3) is 0 Å². The minimum atomic E-state index is 0.260. The van der Waals surface area contributed by atoms with Gasteiger partial charge in [-0.25, -0.2) is 0 Å². The highest BCUT2D eigenvalue weighted by Crippen LogP contribution is 2.27. The van der Waals surface area contributed by atoms with Crippen LogP contribution in [-0.4, -0.2) is 44.2 Å². The number of nitrogens with two attached hydrogens (primary N) is 1. The molecule has 1 aromatic rings. The molecule has 0 spiro atoms. The Bertz CT molecular complexity index is 444. The van der Waals surface area contributed by atoms with Crippen molar-refractivity contribution in [2.45, 2.75) is 38.6 Å². The van der Waals surface area contributed by atoms with Crippen molar-refractivity contribution in [1.29, 1.82) is 0 Å². The largest absolute Gasteiger partial charge is 0.372 e. The van der Waals surface area contributed by atoms with E-state index in [0.29, 0.717) is 0 Å². The van der Waals surface area contributed by atoms with Crippen LogP contribution in [0.2, 0.25) is 0 Å². The molecule has 1 aliphatic heterocycles. The van der Waals surface area contributed by atoms with Crippen LogP contribution in [-0.2, 0) is 6.42 Å². The second-order valence-corrected chi connectivity index (χ2v) is 6.98. The van der Waals surface area contributed by atoms with Crippen molar-refractivity contribution in [3.8, 4) is 0 Å². The monoisotopic (exact) mass is 353 g/mol. The zero-order valence-corrected chi connectivity index (χ0v) is 14.9. The lowest BCUT2D eigenvalue weighted by Crippen LogP contribution is -2.31. The van der Waals surface area contributed by atoms with E-state index in [9.17, 15) is 0 Å². The predicted molar refractivity (Wildman–Crippen MR) is 95.1 cm³/mol. The van der Waals surface area contributed by atoms with Gasteiger partial charge in [0.15, 0.2) is 0 Å². The average Bonchev–Trinajstić information content (AvgIpc) is 2.98. The van der Waals surface area contributed by atoms with E-state index >= 15 is 0 Å². The molecule has 3 nitrogen and oxygen atoms in total. The molecule has 118 valence electrons. The number of anilines is 1. The molecule has 0 saturated carbocycles. The first-order valence-corrected chi connectivity index (χ1v) is 8.87. The van der Waals surface area contributed by atoms with Crippen molar-refractivity contribution in [1.82, 2.24) is 4.90 Å². The summed E-state index contributed by atoms with van der Waals surface area (Å²) >= 11 is 3.72. The lowest BCUT2D eigenvalue weighted by atomic mass is 10.0. The molecule has 0 aromatic heterocycles. The van der Waals surface area contributed by atoms with Gasteiger partial charge in [-0.1, -0.05) is 13.0 Å². The Morgan fingerprint density at radius 2 is 2.05 bits per heavy atom. The molecule has 1 aromatic carbocycles. The van der Waals surface area contributed by atoms with E-state index in [-0.39, 0.29) is 6.04 Å². The molecule has 1 aliphatic rings. The van der Waals surface area contributed by atoms with Crippen LogP contribution in [0.3, 0.4) is 0 Å². The summed E-state index contributed by atoms with van der Waals surface area (Å²) in [6, 6.07) is 6.90. The summed E-state index contributed by atoms with van der Waals surface area (Å²) in [4.78, 5) is 4.89. The zero-order valence-electron chi connectivity index (χ0n) is 13.3. The van der Waals surface area contributed by atoms with E-state index in [4.69, 9.17) is 5.73 Å². The van der Waals surface area contributed by atoms with Crippen molar-refractivity contribution in [2.75, 3.05) is 38.1 Å². The fourth-order valence-corrected chi connectivity index (χ4v) is 3.58. The summed E-state index contributed by atoms with van der Waals surface area (Å²) in [5, 5.41) is 0. The number of hydrogen-bond donors (Lipinski definition) is 1. The fraction of sp³-hybridized carbons (Fsp3) is 0.647. The topological polar surface area (TPSA) is 32.5 Å². The van der Waals surface area contributed by atoms with Gasteiger partial charge in [0.1, 0.15) is 0 Å². The molecule has 0 bridgehead atoms. The van der Waals surface area contributed by atoms with Crippen LogP contribution in [0.4, 0.5) is 5.69 Å². The highest BCUT2D eigenvalue weighted by atomic mass is 79.9. The first-order valence-electron chi connectivity index (χ1n) is 8.07. The molecule has 1 fully saturated rings. The lowest BCUT2D eigenvalue weighted by Gasteiger charge is -2.24. The molecule has 2 N–H and O–H groups in total. The number of rotatable bonds is 7. The normalized spacial score (nSPS) is 17.1. The third-order valence-electron chi connectivity index (χ3n) is 4.40. The first-order chi connectivity index (χ1) is 10.1. The van der Waals surface area contributed by atoms with Crippen LogP contribution in [0.5, 0.6) is 0 Å². The second kappa shape index (κ2) is 8.16. The predicted octanol–water partition coefficient (Wildman–Crippen LogP) is 3.26. The Kier molecular flexibility index (Phi) is 6.52. The van der Waals surface area contributed by atoms with Crippen LogP contribution in [0.1, 0.15) is 31.7 Å². The number of benzene rings is 1. The summed E-state index contributed by atoms with van der Waals surface area (Å²) in [5.41, 5.74) is 8.62. The Hall–Kier alpha value is -0.580. The van der Waals surface area contributed by atoms with E-state index in [0.717, 1.165) is 25.9 Å². The number of halogens is 1. The summed E-state index contributed by atoms with van der Waals surface area (Å²) < 4.78 is 1.17. The molecule has 1 heterocycles. The number of hydrogen-bond acceptors (Lipinski definition) is 3. The zero-order chi connectivity index (χ0) is 15.2. The third kappa shape index (κ3) is 4.97. The number of likely N-dealkylation sites (tertiary alicyclic amines) is 1. The van der Waals surface area contributed by atoms with Gasteiger partial charge in [0, 0.05) is 30.7 Å². The van der Waals surface area contributed by atoms with Crippen molar-refractivity contribution < 1.29 is 0 Å². The maximum atomic E-state index is 6.04. The van der Waals surface area contributed by atoms with Crippen molar-refractivity contribution in [2.24, 2.45) is 5.73 Å². The Morgan fingerprint density at radius 3 is 2.67 bits per heavy atom. The van der Waals surface area contributed by atoms with Crippen LogP contribution in [0.15, 0.2) is 22.7 Å². The maximum Gasteiger partial charge on any atom is 0.0508 e. The number of likely N-dealkylation sites (N-methyl/N-ethyl adjacent to an activating group) is 1. The van der Waals surface area contributed by atoms with Crippen LogP contribution in [0, 0.1) is 0 Å². The minimum absolute atomic E-state index is 0.260. The van der Waals surface area contributed by atoms with Crippen LogP contribution in [0.25, 0.3) is 0 Å². The Labute approximate surface area is 137 Å². The molecule has 0 radical (unpaired) electrons. The smallest absolute Gasteiger partial charge is 0.0508 e. The molecule has 2 rings (SSSR count). The summed E-state index contributed by atoms with van der Waals surface area (Å²) in [5.74, 6) is 0. The van der Waals surface area contributed by atoms with Crippen LogP contribution >= 0.6 is 15.9 Å². The molecular weight excluding hydrogens is 326 g/mol. The summed E-state index contributed by atoms with van der Waals surface area (Å²) in [6.07, 6.45) is 4.70. The van der Waals surface area contributed by atoms with Crippen molar-refractivity contribution >= 4 is 21.6 Å². The van der Waals surface area contributed by atoms with Gasteiger partial charge in [-0.2, -0.15) is 0 Å². The molecule has 21 heavy (non-hydrogen) atoms. The van der Waals surface area contributed by atoms with E-state index in [1.807, 2.05) is 0 Å². The summed E-state index contributed by atoms with van der Waals surface area (Å²) in [6.45, 7) is 6.91. The third-order valence-corrected chi connectivity index (χ3v) is 5.03. The van der Waals surface area contributed by atoms with Gasteiger partial charge in [-0.05, 0) is 72.4 Å². The van der Waals surface area contributed by atoms with Crippen molar-refractivity contribution in [3.05, 3.63) is 28.2 Å². The minimum Gasteiger partial charge on any atom is -0.372 e. The average molecular weight is 354 g/mol. The molecule has 0 aliphatic carbocycles. The van der Waals surface area contributed by atoms with Gasteiger partial charge in [0.2, 0.25) is 0 Å². The van der Waals surface area contributed by atoms with Gasteiger partial charge >= 0.3 is 0 Å². The molecule has 1 unspecified atom stereocenters. The lowest BCUT2D eigenvalue weighted by molar-refractivity contribution is 0.346. The summed E-state index contributed by atoms with van der Waals surface area (Å²) in [7, 11) is 2.17. The first kappa shape index (κ1) is 16.8. The quantitative estimate of drug-likeness (QED) is 0.816. The fourth-order valence-electron chi connectivity index (χ4n) is 2.85. The van der Waals surface area contributed by atoms with Gasteiger partial charge in [0.05, 0.1) is 5.69 Å². The van der Waals surface area contributed by atoms with E-state index in [1.165, 1.54) is 41.7 Å². The number of nitrogens with zero attached hydrogens (tertiary/aromatic N) is 2. The van der Waals surface area contributed by atoms with Gasteiger partial charge in [-0.3, -0.25) is 0 Å².